The summed E-state index contributed by atoms with van der Waals surface area (Å²) >= 11 is 0. The summed E-state index contributed by atoms with van der Waals surface area (Å²) in [6.45, 7) is 9.07. The fourth-order valence-electron chi connectivity index (χ4n) is 3.70. The highest BCUT2D eigenvalue weighted by Crippen LogP contribution is 2.37. The van der Waals surface area contributed by atoms with E-state index in [2.05, 4.69) is 50.8 Å². The number of fused-ring (bicyclic) bond motifs is 1. The number of ether oxygens (including phenoxy) is 1. The molecule has 2 fully saturated rings. The van der Waals surface area contributed by atoms with Crippen molar-refractivity contribution in [2.75, 3.05) is 25.6 Å². The van der Waals surface area contributed by atoms with Crippen LogP contribution in [0.3, 0.4) is 0 Å². The largest absolute Gasteiger partial charge is 0.517 e. The van der Waals surface area contributed by atoms with Crippen molar-refractivity contribution in [2.24, 2.45) is 0 Å². The fraction of sp³-hybridized carbons (Fsp3) is 0.650. The standard InChI is InChI=1S/C20H30BN3O3/c1-19(2)20(3,4)27-21(26-19)18-15-13-14(23(5)6)10-11-16(15)24(22-18)17-9-7-8-12-25-17/h10-11,13,17H,7-9,12H2,1-6H3. The lowest BCUT2D eigenvalue weighted by Gasteiger charge is -2.32. The first-order valence-electron chi connectivity index (χ1n) is 9.86. The Kier molecular flexibility index (Phi) is 4.52. The summed E-state index contributed by atoms with van der Waals surface area (Å²) in [5.41, 5.74) is 2.24. The Morgan fingerprint density at radius 2 is 1.81 bits per heavy atom. The van der Waals surface area contributed by atoms with Crippen LogP contribution in [0.25, 0.3) is 10.9 Å². The van der Waals surface area contributed by atoms with E-state index in [9.17, 15) is 0 Å². The van der Waals surface area contributed by atoms with E-state index in [1.807, 2.05) is 18.8 Å². The van der Waals surface area contributed by atoms with Crippen LogP contribution in [0.4, 0.5) is 5.69 Å². The van der Waals surface area contributed by atoms with Crippen molar-refractivity contribution in [3.8, 4) is 0 Å². The molecule has 0 spiro atoms. The summed E-state index contributed by atoms with van der Waals surface area (Å²) in [7, 11) is 3.61. The maximum atomic E-state index is 6.31. The number of hydrogen-bond acceptors (Lipinski definition) is 5. The average molecular weight is 371 g/mol. The Labute approximate surface area is 161 Å². The summed E-state index contributed by atoms with van der Waals surface area (Å²) < 4.78 is 20.7. The third-order valence-electron chi connectivity index (χ3n) is 6.14. The lowest BCUT2D eigenvalue weighted by molar-refractivity contribution is -0.0364. The first-order valence-corrected chi connectivity index (χ1v) is 9.86. The Morgan fingerprint density at radius 3 is 2.41 bits per heavy atom. The molecule has 2 aliphatic heterocycles. The van der Waals surface area contributed by atoms with Gasteiger partial charge in [-0.1, -0.05) is 0 Å². The number of benzene rings is 1. The molecule has 1 aromatic carbocycles. The first kappa shape index (κ1) is 18.8. The molecule has 1 aromatic heterocycles. The van der Waals surface area contributed by atoms with E-state index in [0.29, 0.717) is 0 Å². The van der Waals surface area contributed by atoms with Crippen LogP contribution in [-0.4, -0.2) is 48.8 Å². The van der Waals surface area contributed by atoms with Crippen molar-refractivity contribution in [3.63, 3.8) is 0 Å². The highest BCUT2D eigenvalue weighted by molar-refractivity contribution is 6.64. The summed E-state index contributed by atoms with van der Waals surface area (Å²) in [5, 5.41) is 6.01. The second kappa shape index (κ2) is 6.50. The van der Waals surface area contributed by atoms with Gasteiger partial charge in [-0.15, -0.1) is 0 Å². The van der Waals surface area contributed by atoms with Crippen LogP contribution in [0.1, 0.15) is 53.2 Å². The van der Waals surface area contributed by atoms with Crippen LogP contribution in [0, 0.1) is 0 Å². The van der Waals surface area contributed by atoms with Crippen molar-refractivity contribution in [3.05, 3.63) is 18.2 Å². The Balaban J connectivity index is 1.82. The topological polar surface area (TPSA) is 48.8 Å². The molecule has 1 unspecified atom stereocenters. The maximum absolute atomic E-state index is 6.31. The highest BCUT2D eigenvalue weighted by atomic mass is 16.7. The van der Waals surface area contributed by atoms with Crippen molar-refractivity contribution < 1.29 is 14.0 Å². The molecule has 0 bridgehead atoms. The van der Waals surface area contributed by atoms with Gasteiger partial charge in [-0.25, -0.2) is 4.68 Å². The van der Waals surface area contributed by atoms with Gasteiger partial charge < -0.3 is 18.9 Å². The minimum Gasteiger partial charge on any atom is -0.398 e. The number of aromatic nitrogens is 2. The molecule has 0 N–H and O–H groups in total. The highest BCUT2D eigenvalue weighted by Gasteiger charge is 2.53. The van der Waals surface area contributed by atoms with E-state index in [0.717, 1.165) is 48.1 Å². The smallest absolute Gasteiger partial charge is 0.398 e. The fourth-order valence-corrected chi connectivity index (χ4v) is 3.70. The third-order valence-corrected chi connectivity index (χ3v) is 6.14. The monoisotopic (exact) mass is 371 g/mol. The van der Waals surface area contributed by atoms with Crippen molar-refractivity contribution in [1.29, 1.82) is 0 Å². The second-order valence-electron chi connectivity index (χ2n) is 8.84. The predicted molar refractivity (Wildman–Crippen MR) is 109 cm³/mol. The van der Waals surface area contributed by atoms with Crippen molar-refractivity contribution in [1.82, 2.24) is 9.78 Å². The molecule has 146 valence electrons. The van der Waals surface area contributed by atoms with Crippen LogP contribution >= 0.6 is 0 Å². The molecule has 0 radical (unpaired) electrons. The molecule has 2 aliphatic rings. The van der Waals surface area contributed by atoms with Gasteiger partial charge in [-0.2, -0.15) is 5.10 Å². The molecule has 1 atom stereocenters. The molecule has 0 aliphatic carbocycles. The molecule has 7 heteroatoms. The van der Waals surface area contributed by atoms with Crippen LogP contribution < -0.4 is 10.5 Å². The molecule has 4 rings (SSSR count). The molecule has 0 saturated carbocycles. The molecule has 27 heavy (non-hydrogen) atoms. The van der Waals surface area contributed by atoms with Crippen molar-refractivity contribution >= 4 is 29.3 Å². The summed E-state index contributed by atoms with van der Waals surface area (Å²) in [6, 6.07) is 6.42. The molecule has 2 saturated heterocycles. The van der Waals surface area contributed by atoms with E-state index < -0.39 is 18.3 Å². The predicted octanol–water partition coefficient (Wildman–Crippen LogP) is 3.10. The van der Waals surface area contributed by atoms with Gasteiger partial charge in [-0.05, 0) is 65.2 Å². The van der Waals surface area contributed by atoms with E-state index in [4.69, 9.17) is 19.1 Å². The van der Waals surface area contributed by atoms with Crippen LogP contribution in [-0.2, 0) is 14.0 Å². The number of rotatable bonds is 3. The summed E-state index contributed by atoms with van der Waals surface area (Å²) in [6.07, 6.45) is 3.23. The lowest BCUT2D eigenvalue weighted by atomic mass is 9.82. The van der Waals surface area contributed by atoms with E-state index >= 15 is 0 Å². The third kappa shape index (κ3) is 3.16. The maximum Gasteiger partial charge on any atom is 0.517 e. The van der Waals surface area contributed by atoms with E-state index in [-0.39, 0.29) is 6.23 Å². The summed E-state index contributed by atoms with van der Waals surface area (Å²) in [4.78, 5) is 2.10. The van der Waals surface area contributed by atoms with Gasteiger partial charge in [0.25, 0.3) is 0 Å². The van der Waals surface area contributed by atoms with Gasteiger partial charge in [0, 0.05) is 31.8 Å². The summed E-state index contributed by atoms with van der Waals surface area (Å²) in [5.74, 6) is 0. The SMILES string of the molecule is CN(C)c1ccc2c(c1)c(B1OC(C)(C)C(C)(C)O1)nn2C1CCCCO1. The van der Waals surface area contributed by atoms with Crippen molar-refractivity contribution in [2.45, 2.75) is 64.4 Å². The molecule has 2 aromatic rings. The zero-order chi connectivity index (χ0) is 19.4. The van der Waals surface area contributed by atoms with E-state index in [1.165, 1.54) is 0 Å². The minimum absolute atomic E-state index is 0.0253. The molecule has 0 amide bonds. The minimum atomic E-state index is -0.486. The number of anilines is 1. The average Bonchev–Trinajstić information content (AvgIpc) is 3.09. The van der Waals surface area contributed by atoms with Gasteiger partial charge >= 0.3 is 7.12 Å². The Hall–Kier alpha value is -1.57. The van der Waals surface area contributed by atoms with Gasteiger partial charge in [-0.3, -0.25) is 0 Å². The van der Waals surface area contributed by atoms with E-state index in [1.54, 1.807) is 0 Å². The Bertz CT molecular complexity index is 824. The molecular formula is C20H30BN3O3. The zero-order valence-electron chi connectivity index (χ0n) is 17.3. The second-order valence-corrected chi connectivity index (χ2v) is 8.84. The van der Waals surface area contributed by atoms with Gasteiger partial charge in [0.15, 0.2) is 6.23 Å². The quantitative estimate of drug-likeness (QED) is 0.776. The normalized spacial score (nSPS) is 24.5. The molecule has 6 nitrogen and oxygen atoms in total. The number of hydrogen-bond donors (Lipinski definition) is 0. The van der Waals surface area contributed by atoms with Crippen LogP contribution in [0.2, 0.25) is 0 Å². The molecule has 3 heterocycles. The van der Waals surface area contributed by atoms with Gasteiger partial charge in [0.1, 0.15) is 5.59 Å². The first-order chi connectivity index (χ1) is 12.7. The number of nitrogens with zero attached hydrogens (tertiary/aromatic N) is 3. The van der Waals surface area contributed by atoms with Crippen LogP contribution in [0.15, 0.2) is 18.2 Å². The van der Waals surface area contributed by atoms with Gasteiger partial charge in [0.2, 0.25) is 0 Å². The van der Waals surface area contributed by atoms with Crippen LogP contribution in [0.5, 0.6) is 0 Å². The molecular weight excluding hydrogens is 341 g/mol. The van der Waals surface area contributed by atoms with Gasteiger partial charge in [0.05, 0.1) is 16.7 Å². The lowest BCUT2D eigenvalue weighted by Crippen LogP contribution is -2.41. The zero-order valence-corrected chi connectivity index (χ0v) is 17.3. The Morgan fingerprint density at radius 1 is 1.11 bits per heavy atom.